The average molecular weight is 233 g/mol. The highest BCUT2D eigenvalue weighted by Gasteiger charge is 2.34. The molecule has 5 nitrogen and oxygen atoms in total. The Balaban J connectivity index is 2.03. The number of amides is 2. The van der Waals surface area contributed by atoms with Gasteiger partial charge in [-0.05, 0) is 12.1 Å². The number of fused-ring (bicyclic) bond motifs is 1. The second kappa shape index (κ2) is 5.07. The molecule has 1 aromatic rings. The van der Waals surface area contributed by atoms with Crippen molar-refractivity contribution in [3.63, 3.8) is 0 Å². The van der Waals surface area contributed by atoms with Crippen molar-refractivity contribution >= 4 is 11.8 Å². The number of carbonyl (C=O) groups excluding carboxylic acids is 2. The third-order valence-corrected chi connectivity index (χ3v) is 2.71. The molecule has 2 amide bonds. The molecule has 3 N–H and O–H groups in total. The molecular weight excluding hydrogens is 218 g/mol. The molecule has 0 fully saturated rings. The number of nitrogens with one attached hydrogen (secondary N) is 1. The lowest BCUT2D eigenvalue weighted by molar-refractivity contribution is 0.0656. The molecule has 1 aliphatic rings. The molecule has 0 saturated carbocycles. The highest BCUT2D eigenvalue weighted by atomic mass is 16.2. The first-order valence-electron chi connectivity index (χ1n) is 5.61. The summed E-state index contributed by atoms with van der Waals surface area (Å²) in [6, 6.07) is 6.89. The van der Waals surface area contributed by atoms with Crippen LogP contribution >= 0.6 is 0 Å². The van der Waals surface area contributed by atoms with Crippen molar-refractivity contribution in [3.8, 4) is 0 Å². The fraction of sp³-hybridized carbons (Fsp3) is 0.333. The van der Waals surface area contributed by atoms with Crippen LogP contribution in [0.25, 0.3) is 0 Å². The quantitative estimate of drug-likeness (QED) is 0.547. The topological polar surface area (TPSA) is 75.4 Å². The summed E-state index contributed by atoms with van der Waals surface area (Å²) >= 11 is 0. The van der Waals surface area contributed by atoms with Gasteiger partial charge in [0.2, 0.25) is 0 Å². The van der Waals surface area contributed by atoms with E-state index in [2.05, 4.69) is 5.32 Å². The van der Waals surface area contributed by atoms with Gasteiger partial charge in [-0.2, -0.15) is 0 Å². The average Bonchev–Trinajstić information content (AvgIpc) is 2.60. The molecule has 1 aromatic carbocycles. The van der Waals surface area contributed by atoms with E-state index in [1.165, 1.54) is 4.90 Å². The summed E-state index contributed by atoms with van der Waals surface area (Å²) in [4.78, 5) is 25.1. The molecule has 1 aliphatic heterocycles. The van der Waals surface area contributed by atoms with E-state index in [1.54, 1.807) is 24.3 Å². The third-order valence-electron chi connectivity index (χ3n) is 2.71. The second-order valence-corrected chi connectivity index (χ2v) is 3.85. The Labute approximate surface area is 99.6 Å². The molecule has 0 aromatic heterocycles. The first-order valence-corrected chi connectivity index (χ1v) is 5.61. The predicted molar refractivity (Wildman–Crippen MR) is 63.7 cm³/mol. The first-order chi connectivity index (χ1) is 8.25. The van der Waals surface area contributed by atoms with Crippen LogP contribution in [0.3, 0.4) is 0 Å². The lowest BCUT2D eigenvalue weighted by Crippen LogP contribution is -2.37. The van der Waals surface area contributed by atoms with Gasteiger partial charge in [-0.3, -0.25) is 14.5 Å². The van der Waals surface area contributed by atoms with Crippen LogP contribution in [-0.4, -0.2) is 42.9 Å². The van der Waals surface area contributed by atoms with Gasteiger partial charge in [0.25, 0.3) is 11.8 Å². The lowest BCUT2D eigenvalue weighted by Gasteiger charge is -2.13. The molecule has 0 bridgehead atoms. The number of carbonyl (C=O) groups is 2. The Morgan fingerprint density at radius 1 is 1.06 bits per heavy atom. The predicted octanol–water partition coefficient (Wildman–Crippen LogP) is -0.169. The fourth-order valence-electron chi connectivity index (χ4n) is 1.86. The van der Waals surface area contributed by atoms with Crippen LogP contribution in [0.4, 0.5) is 0 Å². The number of hydrogen-bond acceptors (Lipinski definition) is 4. The van der Waals surface area contributed by atoms with E-state index in [4.69, 9.17) is 5.73 Å². The van der Waals surface area contributed by atoms with Crippen molar-refractivity contribution in [2.75, 3.05) is 26.2 Å². The van der Waals surface area contributed by atoms with Gasteiger partial charge in [0.1, 0.15) is 0 Å². The number of nitrogens with zero attached hydrogens (tertiary/aromatic N) is 1. The van der Waals surface area contributed by atoms with Gasteiger partial charge < -0.3 is 11.1 Å². The Hall–Kier alpha value is -1.72. The van der Waals surface area contributed by atoms with Crippen LogP contribution in [0.2, 0.25) is 0 Å². The first kappa shape index (κ1) is 11.8. The summed E-state index contributed by atoms with van der Waals surface area (Å²) in [5.74, 6) is -0.416. The summed E-state index contributed by atoms with van der Waals surface area (Å²) in [5.41, 5.74) is 6.33. The number of hydrogen-bond donors (Lipinski definition) is 2. The lowest BCUT2D eigenvalue weighted by atomic mass is 10.1. The molecule has 0 aliphatic carbocycles. The fourth-order valence-corrected chi connectivity index (χ4v) is 1.86. The molecule has 5 heteroatoms. The molecule has 17 heavy (non-hydrogen) atoms. The minimum Gasteiger partial charge on any atom is -0.329 e. The van der Waals surface area contributed by atoms with Crippen molar-refractivity contribution in [2.24, 2.45) is 5.73 Å². The van der Waals surface area contributed by atoms with Gasteiger partial charge in [-0.15, -0.1) is 0 Å². The number of nitrogens with two attached hydrogens (primary N) is 1. The maximum atomic E-state index is 11.9. The standard InChI is InChI=1S/C12H15N3O2/c13-5-6-14-7-8-15-11(16)9-3-1-2-4-10(9)12(15)17/h1-4,14H,5-8,13H2. The Morgan fingerprint density at radius 3 is 2.18 bits per heavy atom. The van der Waals surface area contributed by atoms with Gasteiger partial charge >= 0.3 is 0 Å². The minimum atomic E-state index is -0.208. The van der Waals surface area contributed by atoms with E-state index in [-0.39, 0.29) is 11.8 Å². The normalized spacial score (nSPS) is 14.3. The molecule has 0 atom stereocenters. The summed E-state index contributed by atoms with van der Waals surface area (Å²) < 4.78 is 0. The highest BCUT2D eigenvalue weighted by Crippen LogP contribution is 2.21. The summed E-state index contributed by atoms with van der Waals surface area (Å²) in [6.07, 6.45) is 0. The van der Waals surface area contributed by atoms with Gasteiger partial charge in [0, 0.05) is 26.2 Å². The van der Waals surface area contributed by atoms with Crippen LogP contribution in [0.15, 0.2) is 24.3 Å². The highest BCUT2D eigenvalue weighted by molar-refractivity contribution is 6.21. The van der Waals surface area contributed by atoms with Crippen molar-refractivity contribution < 1.29 is 9.59 Å². The molecule has 0 spiro atoms. The Morgan fingerprint density at radius 2 is 1.65 bits per heavy atom. The number of imide groups is 1. The molecule has 0 radical (unpaired) electrons. The maximum absolute atomic E-state index is 11.9. The third kappa shape index (κ3) is 2.20. The Bertz CT molecular complexity index is 410. The van der Waals surface area contributed by atoms with Gasteiger partial charge in [-0.25, -0.2) is 0 Å². The van der Waals surface area contributed by atoms with E-state index in [9.17, 15) is 9.59 Å². The van der Waals surface area contributed by atoms with Crippen molar-refractivity contribution in [2.45, 2.75) is 0 Å². The number of benzene rings is 1. The van der Waals surface area contributed by atoms with Gasteiger partial charge in [-0.1, -0.05) is 12.1 Å². The summed E-state index contributed by atoms with van der Waals surface area (Å²) in [5, 5.41) is 3.06. The van der Waals surface area contributed by atoms with Gasteiger partial charge in [0.15, 0.2) is 0 Å². The minimum absolute atomic E-state index is 0.208. The van der Waals surface area contributed by atoms with Crippen LogP contribution in [0.5, 0.6) is 0 Å². The van der Waals surface area contributed by atoms with Crippen molar-refractivity contribution in [1.82, 2.24) is 10.2 Å². The zero-order valence-electron chi connectivity index (χ0n) is 9.48. The van der Waals surface area contributed by atoms with Crippen LogP contribution in [0.1, 0.15) is 20.7 Å². The summed E-state index contributed by atoms with van der Waals surface area (Å²) in [7, 11) is 0. The van der Waals surface area contributed by atoms with Crippen LogP contribution in [0, 0.1) is 0 Å². The molecule has 0 saturated heterocycles. The van der Waals surface area contributed by atoms with E-state index in [1.807, 2.05) is 0 Å². The molecular formula is C12H15N3O2. The largest absolute Gasteiger partial charge is 0.329 e. The Kier molecular flexibility index (Phi) is 3.51. The molecule has 2 rings (SSSR count). The zero-order chi connectivity index (χ0) is 12.3. The molecule has 0 unspecified atom stereocenters. The smallest absolute Gasteiger partial charge is 0.261 e. The molecule has 1 heterocycles. The zero-order valence-corrected chi connectivity index (χ0v) is 9.48. The van der Waals surface area contributed by atoms with Crippen molar-refractivity contribution in [1.29, 1.82) is 0 Å². The van der Waals surface area contributed by atoms with E-state index in [0.29, 0.717) is 37.3 Å². The van der Waals surface area contributed by atoms with Crippen molar-refractivity contribution in [3.05, 3.63) is 35.4 Å². The SMILES string of the molecule is NCCNCCN1C(=O)c2ccccc2C1=O. The summed E-state index contributed by atoms with van der Waals surface area (Å²) in [6.45, 7) is 2.18. The monoisotopic (exact) mass is 233 g/mol. The maximum Gasteiger partial charge on any atom is 0.261 e. The second-order valence-electron chi connectivity index (χ2n) is 3.85. The van der Waals surface area contributed by atoms with E-state index < -0.39 is 0 Å². The number of rotatable bonds is 5. The van der Waals surface area contributed by atoms with E-state index in [0.717, 1.165) is 0 Å². The van der Waals surface area contributed by atoms with Crippen LogP contribution < -0.4 is 11.1 Å². The van der Waals surface area contributed by atoms with Gasteiger partial charge in [0.05, 0.1) is 11.1 Å². The van der Waals surface area contributed by atoms with E-state index >= 15 is 0 Å². The van der Waals surface area contributed by atoms with Crippen LogP contribution in [-0.2, 0) is 0 Å². The molecule has 90 valence electrons.